The van der Waals surface area contributed by atoms with E-state index in [1.54, 1.807) is 6.20 Å². The van der Waals surface area contributed by atoms with E-state index in [1.165, 1.54) is 0 Å². The SMILES string of the molecule is CN(Cc1ccnc(/C(N)=N/O)c1)C1CCOC1. The van der Waals surface area contributed by atoms with Crippen LogP contribution in [0, 0.1) is 0 Å². The van der Waals surface area contributed by atoms with Crippen LogP contribution in [0.2, 0.25) is 0 Å². The van der Waals surface area contributed by atoms with Gasteiger partial charge in [-0.2, -0.15) is 0 Å². The third-order valence-electron chi connectivity index (χ3n) is 3.16. The lowest BCUT2D eigenvalue weighted by molar-refractivity contribution is 0.156. The second-order valence-electron chi connectivity index (χ2n) is 4.47. The van der Waals surface area contributed by atoms with Gasteiger partial charge in [-0.05, 0) is 31.2 Å². The third kappa shape index (κ3) is 2.96. The normalized spacial score (nSPS) is 20.6. The van der Waals surface area contributed by atoms with Crippen molar-refractivity contribution in [1.82, 2.24) is 9.88 Å². The standard InChI is InChI=1S/C12H18N4O2/c1-16(10-3-5-18-8-10)7-9-2-4-14-11(6-9)12(13)15-17/h2,4,6,10,17H,3,5,7-8H2,1H3,(H2,13,15). The van der Waals surface area contributed by atoms with Crippen LogP contribution in [-0.4, -0.2) is 47.2 Å². The largest absolute Gasteiger partial charge is 0.409 e. The Bertz CT molecular complexity index is 430. The Morgan fingerprint density at radius 1 is 1.72 bits per heavy atom. The van der Waals surface area contributed by atoms with E-state index in [2.05, 4.69) is 22.1 Å². The Kier molecular flexibility index (Phi) is 4.11. The van der Waals surface area contributed by atoms with Crippen molar-refractivity contribution in [3.63, 3.8) is 0 Å². The first-order valence-corrected chi connectivity index (χ1v) is 5.91. The van der Waals surface area contributed by atoms with Gasteiger partial charge in [-0.25, -0.2) is 0 Å². The van der Waals surface area contributed by atoms with Gasteiger partial charge in [0.15, 0.2) is 5.84 Å². The van der Waals surface area contributed by atoms with E-state index in [-0.39, 0.29) is 5.84 Å². The second kappa shape index (κ2) is 5.79. The molecular weight excluding hydrogens is 232 g/mol. The molecule has 1 aliphatic rings. The van der Waals surface area contributed by atoms with Gasteiger partial charge in [0.2, 0.25) is 0 Å². The number of ether oxygens (including phenoxy) is 1. The van der Waals surface area contributed by atoms with Crippen molar-refractivity contribution in [3.05, 3.63) is 29.6 Å². The maximum atomic E-state index is 8.63. The molecule has 0 radical (unpaired) electrons. The Balaban J connectivity index is 2.04. The molecule has 1 unspecified atom stereocenters. The molecule has 2 heterocycles. The van der Waals surface area contributed by atoms with Gasteiger partial charge in [0.25, 0.3) is 0 Å². The summed E-state index contributed by atoms with van der Waals surface area (Å²) in [6, 6.07) is 4.23. The van der Waals surface area contributed by atoms with Crippen LogP contribution >= 0.6 is 0 Å². The predicted octanol–water partition coefficient (Wildman–Crippen LogP) is 0.397. The maximum absolute atomic E-state index is 8.63. The number of nitrogens with zero attached hydrogens (tertiary/aromatic N) is 3. The van der Waals surface area contributed by atoms with Crippen LogP contribution in [0.25, 0.3) is 0 Å². The Hall–Kier alpha value is -1.66. The average Bonchev–Trinajstić information content (AvgIpc) is 2.92. The van der Waals surface area contributed by atoms with Crippen LogP contribution in [0.15, 0.2) is 23.5 Å². The summed E-state index contributed by atoms with van der Waals surface area (Å²) in [7, 11) is 2.07. The smallest absolute Gasteiger partial charge is 0.188 e. The molecular formula is C12H18N4O2. The fourth-order valence-corrected chi connectivity index (χ4v) is 2.05. The lowest BCUT2D eigenvalue weighted by atomic mass is 10.1. The zero-order chi connectivity index (χ0) is 13.0. The lowest BCUT2D eigenvalue weighted by Crippen LogP contribution is -2.31. The van der Waals surface area contributed by atoms with E-state index >= 15 is 0 Å². The topological polar surface area (TPSA) is 84.0 Å². The summed E-state index contributed by atoms with van der Waals surface area (Å²) in [5.41, 5.74) is 7.10. The molecule has 0 aromatic carbocycles. The molecule has 6 heteroatoms. The molecule has 1 fully saturated rings. The van der Waals surface area contributed by atoms with E-state index in [0.717, 1.165) is 31.7 Å². The van der Waals surface area contributed by atoms with Gasteiger partial charge in [-0.1, -0.05) is 5.16 Å². The summed E-state index contributed by atoms with van der Waals surface area (Å²) in [6.07, 6.45) is 2.73. The van der Waals surface area contributed by atoms with Gasteiger partial charge >= 0.3 is 0 Å². The molecule has 1 aliphatic heterocycles. The fourth-order valence-electron chi connectivity index (χ4n) is 2.05. The summed E-state index contributed by atoms with van der Waals surface area (Å²) in [6.45, 7) is 2.41. The quantitative estimate of drug-likeness (QED) is 0.350. The summed E-state index contributed by atoms with van der Waals surface area (Å²) in [5, 5.41) is 11.6. The van der Waals surface area contributed by atoms with Crippen molar-refractivity contribution in [1.29, 1.82) is 0 Å². The summed E-state index contributed by atoms with van der Waals surface area (Å²) in [5.74, 6) is 0.0312. The minimum absolute atomic E-state index is 0.0312. The van der Waals surface area contributed by atoms with Crippen molar-refractivity contribution in [2.24, 2.45) is 10.9 Å². The van der Waals surface area contributed by atoms with Crippen molar-refractivity contribution in [2.75, 3.05) is 20.3 Å². The first-order valence-electron chi connectivity index (χ1n) is 5.91. The Morgan fingerprint density at radius 3 is 3.22 bits per heavy atom. The minimum Gasteiger partial charge on any atom is -0.409 e. The maximum Gasteiger partial charge on any atom is 0.188 e. The van der Waals surface area contributed by atoms with Gasteiger partial charge < -0.3 is 15.7 Å². The zero-order valence-electron chi connectivity index (χ0n) is 10.4. The molecule has 0 aliphatic carbocycles. The van der Waals surface area contributed by atoms with Crippen LogP contribution in [0.5, 0.6) is 0 Å². The molecule has 2 rings (SSSR count). The number of pyridine rings is 1. The van der Waals surface area contributed by atoms with E-state index in [9.17, 15) is 0 Å². The zero-order valence-corrected chi connectivity index (χ0v) is 10.4. The number of amidine groups is 1. The van der Waals surface area contributed by atoms with Crippen LogP contribution in [0.1, 0.15) is 17.7 Å². The molecule has 1 atom stereocenters. The second-order valence-corrected chi connectivity index (χ2v) is 4.47. The number of nitrogens with two attached hydrogens (primary N) is 1. The highest BCUT2D eigenvalue weighted by molar-refractivity contribution is 5.95. The Labute approximate surface area is 106 Å². The Morgan fingerprint density at radius 2 is 2.56 bits per heavy atom. The summed E-state index contributed by atoms with van der Waals surface area (Å²) >= 11 is 0. The van der Waals surface area contributed by atoms with Gasteiger partial charge in [-0.3, -0.25) is 9.88 Å². The molecule has 1 aromatic heterocycles. The number of hydrogen-bond donors (Lipinski definition) is 2. The highest BCUT2D eigenvalue weighted by atomic mass is 16.5. The average molecular weight is 250 g/mol. The fraction of sp³-hybridized carbons (Fsp3) is 0.500. The van der Waals surface area contributed by atoms with E-state index in [0.29, 0.717) is 11.7 Å². The molecule has 0 spiro atoms. The molecule has 1 aromatic rings. The number of oxime groups is 1. The molecule has 6 nitrogen and oxygen atoms in total. The summed E-state index contributed by atoms with van der Waals surface area (Å²) < 4.78 is 5.37. The summed E-state index contributed by atoms with van der Waals surface area (Å²) in [4.78, 5) is 6.30. The first-order chi connectivity index (χ1) is 8.70. The number of aromatic nitrogens is 1. The number of rotatable bonds is 4. The molecule has 3 N–H and O–H groups in total. The van der Waals surface area contributed by atoms with Gasteiger partial charge in [0, 0.05) is 25.4 Å². The van der Waals surface area contributed by atoms with Gasteiger partial charge in [-0.15, -0.1) is 0 Å². The highest BCUT2D eigenvalue weighted by Gasteiger charge is 2.20. The van der Waals surface area contributed by atoms with Crippen LogP contribution in [0.3, 0.4) is 0 Å². The van der Waals surface area contributed by atoms with Crippen molar-refractivity contribution < 1.29 is 9.94 Å². The third-order valence-corrected chi connectivity index (χ3v) is 3.16. The van der Waals surface area contributed by atoms with Crippen LogP contribution in [-0.2, 0) is 11.3 Å². The van der Waals surface area contributed by atoms with Crippen molar-refractivity contribution in [3.8, 4) is 0 Å². The molecule has 0 saturated carbocycles. The van der Waals surface area contributed by atoms with Gasteiger partial charge in [0.1, 0.15) is 5.69 Å². The number of hydrogen-bond acceptors (Lipinski definition) is 5. The number of likely N-dealkylation sites (N-methyl/N-ethyl adjacent to an activating group) is 1. The van der Waals surface area contributed by atoms with E-state index in [4.69, 9.17) is 15.7 Å². The first kappa shape index (κ1) is 12.8. The van der Waals surface area contributed by atoms with Crippen LogP contribution < -0.4 is 5.73 Å². The minimum atomic E-state index is 0.0312. The molecule has 0 amide bonds. The molecule has 98 valence electrons. The van der Waals surface area contributed by atoms with Crippen molar-refractivity contribution in [2.45, 2.75) is 19.0 Å². The molecule has 18 heavy (non-hydrogen) atoms. The van der Waals surface area contributed by atoms with E-state index < -0.39 is 0 Å². The monoisotopic (exact) mass is 250 g/mol. The molecule has 0 bridgehead atoms. The van der Waals surface area contributed by atoms with Crippen molar-refractivity contribution >= 4 is 5.84 Å². The lowest BCUT2D eigenvalue weighted by Gasteiger charge is -2.22. The van der Waals surface area contributed by atoms with Gasteiger partial charge in [0.05, 0.1) is 6.61 Å². The predicted molar refractivity (Wildman–Crippen MR) is 67.4 cm³/mol. The van der Waals surface area contributed by atoms with E-state index in [1.807, 2.05) is 12.1 Å². The highest BCUT2D eigenvalue weighted by Crippen LogP contribution is 2.14. The van der Waals surface area contributed by atoms with Crippen LogP contribution in [0.4, 0.5) is 0 Å². The molecule has 1 saturated heterocycles.